The number of carbonyl (C=O) groups is 1. The summed E-state index contributed by atoms with van der Waals surface area (Å²) in [6, 6.07) is 14.1. The zero-order valence-electron chi connectivity index (χ0n) is 18.2. The second kappa shape index (κ2) is 8.78. The summed E-state index contributed by atoms with van der Waals surface area (Å²) in [4.78, 5) is 21.4. The summed E-state index contributed by atoms with van der Waals surface area (Å²) in [5.74, 6) is 0.938. The average molecular weight is 458 g/mol. The molecule has 1 amide bonds. The molecule has 34 heavy (non-hydrogen) atoms. The van der Waals surface area contributed by atoms with Gasteiger partial charge in [-0.05, 0) is 29.2 Å². The number of aromatic nitrogens is 3. The Bertz CT molecular complexity index is 1400. The molecular weight excluding hydrogens is 435 g/mol. The number of amides is 1. The van der Waals surface area contributed by atoms with Gasteiger partial charge < -0.3 is 31.6 Å². The van der Waals surface area contributed by atoms with Gasteiger partial charge in [-0.15, -0.1) is 0 Å². The van der Waals surface area contributed by atoms with E-state index < -0.39 is 13.0 Å². The third-order valence-electron chi connectivity index (χ3n) is 5.85. The van der Waals surface area contributed by atoms with Crippen molar-refractivity contribution in [2.45, 2.75) is 19.5 Å². The number of hydrogen-bond donors (Lipinski definition) is 5. The predicted octanol–water partition coefficient (Wildman–Crippen LogP) is 0.205. The molecule has 0 unspecified atom stereocenters. The largest absolute Gasteiger partial charge is 0.488 e. The van der Waals surface area contributed by atoms with E-state index >= 15 is 0 Å². The summed E-state index contributed by atoms with van der Waals surface area (Å²) in [7, 11) is -1.54. The Morgan fingerprint density at radius 3 is 2.76 bits per heavy atom. The molecular formula is C23H23BN6O4. The van der Waals surface area contributed by atoms with E-state index in [0.29, 0.717) is 59.1 Å². The third kappa shape index (κ3) is 3.85. The molecule has 7 N–H and O–H groups in total. The van der Waals surface area contributed by atoms with Crippen LogP contribution in [0.4, 0.5) is 5.82 Å². The van der Waals surface area contributed by atoms with Gasteiger partial charge in [-0.3, -0.25) is 9.36 Å². The number of anilines is 1. The average Bonchev–Trinajstić information content (AvgIpc) is 3.46. The second-order valence-electron chi connectivity index (χ2n) is 8.00. The Balaban J connectivity index is 1.58. The van der Waals surface area contributed by atoms with Crippen LogP contribution in [0.5, 0.6) is 5.88 Å². The molecule has 0 saturated heterocycles. The van der Waals surface area contributed by atoms with Crippen molar-refractivity contribution in [2.24, 2.45) is 11.5 Å². The molecule has 2 aromatic carbocycles. The van der Waals surface area contributed by atoms with Crippen LogP contribution < -0.4 is 27.0 Å². The molecule has 0 radical (unpaired) electrons. The topological polar surface area (TPSA) is 162 Å². The maximum Gasteiger partial charge on any atom is 0.488 e. The number of carbonyl (C=O) groups excluding carboxylic acids is 1. The van der Waals surface area contributed by atoms with E-state index in [9.17, 15) is 14.8 Å². The van der Waals surface area contributed by atoms with E-state index in [2.05, 4.69) is 10.3 Å². The molecule has 10 nitrogen and oxygen atoms in total. The van der Waals surface area contributed by atoms with E-state index in [0.717, 1.165) is 16.8 Å². The summed E-state index contributed by atoms with van der Waals surface area (Å²) in [5.41, 5.74) is 15.6. The number of hydrogen-bond acceptors (Lipinski definition) is 8. The van der Waals surface area contributed by atoms with E-state index in [1.807, 2.05) is 18.2 Å². The smallest absolute Gasteiger partial charge is 0.477 e. The first-order valence-corrected chi connectivity index (χ1v) is 10.8. The van der Waals surface area contributed by atoms with Gasteiger partial charge in [-0.25, -0.2) is 0 Å². The van der Waals surface area contributed by atoms with Crippen molar-refractivity contribution in [3.63, 3.8) is 0 Å². The molecule has 0 bridgehead atoms. The van der Waals surface area contributed by atoms with Crippen LogP contribution in [0, 0.1) is 0 Å². The molecule has 0 fully saturated rings. The van der Waals surface area contributed by atoms with Gasteiger partial charge in [-0.1, -0.05) is 30.3 Å². The molecule has 3 heterocycles. The van der Waals surface area contributed by atoms with E-state index in [-0.39, 0.29) is 6.54 Å². The van der Waals surface area contributed by atoms with Gasteiger partial charge in [0.05, 0.1) is 17.7 Å². The van der Waals surface area contributed by atoms with Crippen molar-refractivity contribution in [3.05, 3.63) is 70.9 Å². The lowest BCUT2D eigenvalue weighted by Crippen LogP contribution is -2.30. The molecule has 2 aromatic heterocycles. The van der Waals surface area contributed by atoms with Crippen LogP contribution in [-0.2, 0) is 19.5 Å². The number of primary amides is 1. The lowest BCUT2D eigenvalue weighted by molar-refractivity contribution is 0.100. The van der Waals surface area contributed by atoms with Crippen molar-refractivity contribution in [1.82, 2.24) is 14.5 Å². The Morgan fingerprint density at radius 1 is 1.18 bits per heavy atom. The number of nitrogens with two attached hydrogens (primary N) is 2. The monoisotopic (exact) mass is 458 g/mol. The molecule has 4 aromatic rings. The van der Waals surface area contributed by atoms with Gasteiger partial charge in [0.25, 0.3) is 0 Å². The van der Waals surface area contributed by atoms with Crippen LogP contribution in [0.2, 0.25) is 0 Å². The van der Waals surface area contributed by atoms with Gasteiger partial charge in [0.1, 0.15) is 5.82 Å². The summed E-state index contributed by atoms with van der Waals surface area (Å²) >= 11 is 0. The fraction of sp³-hybridized carbons (Fsp3) is 0.174. The fourth-order valence-electron chi connectivity index (χ4n) is 4.23. The highest BCUT2D eigenvalue weighted by Gasteiger charge is 2.24. The van der Waals surface area contributed by atoms with Crippen molar-refractivity contribution in [1.29, 1.82) is 0 Å². The SMILES string of the molecule is NCc1cc2c(C(N)=O)cccc2n1-c1nc(NCc2cccc(B(O)O)c2)c2c(n1)OCC2. The quantitative estimate of drug-likeness (QED) is 0.246. The summed E-state index contributed by atoms with van der Waals surface area (Å²) < 4.78 is 7.56. The molecule has 172 valence electrons. The van der Waals surface area contributed by atoms with Crippen LogP contribution >= 0.6 is 0 Å². The number of nitrogens with one attached hydrogen (secondary N) is 1. The highest BCUT2D eigenvalue weighted by molar-refractivity contribution is 6.58. The number of rotatable bonds is 7. The van der Waals surface area contributed by atoms with Gasteiger partial charge in [0.2, 0.25) is 17.7 Å². The van der Waals surface area contributed by atoms with Crippen molar-refractivity contribution in [3.8, 4) is 11.8 Å². The lowest BCUT2D eigenvalue weighted by atomic mass is 9.80. The third-order valence-corrected chi connectivity index (χ3v) is 5.85. The minimum absolute atomic E-state index is 0.202. The van der Waals surface area contributed by atoms with Gasteiger partial charge >= 0.3 is 7.12 Å². The minimum Gasteiger partial charge on any atom is -0.477 e. The van der Waals surface area contributed by atoms with Gasteiger partial charge in [0, 0.05) is 36.2 Å². The van der Waals surface area contributed by atoms with Crippen LogP contribution in [0.15, 0.2) is 48.5 Å². The van der Waals surface area contributed by atoms with E-state index in [1.165, 1.54) is 0 Å². The Kier molecular flexibility index (Phi) is 5.66. The molecule has 0 saturated carbocycles. The van der Waals surface area contributed by atoms with Crippen LogP contribution in [-0.4, -0.2) is 44.2 Å². The van der Waals surface area contributed by atoms with Gasteiger partial charge in [0.15, 0.2) is 0 Å². The molecule has 0 spiro atoms. The van der Waals surface area contributed by atoms with Crippen molar-refractivity contribution >= 4 is 35.2 Å². The van der Waals surface area contributed by atoms with Crippen molar-refractivity contribution in [2.75, 3.05) is 11.9 Å². The molecule has 11 heteroatoms. The number of ether oxygens (including phenoxy) is 1. The standard InChI is InChI=1S/C23H23BN6O4/c25-11-15-10-18-16(20(26)31)5-2-6-19(18)30(15)23-28-21(17-7-8-34-22(17)29-23)27-12-13-3-1-4-14(9-13)24(32)33/h1-6,9-10,32-33H,7-8,11-12,25H2,(H2,26,31)(H,27,28,29). The van der Waals surface area contributed by atoms with Crippen LogP contribution in [0.1, 0.15) is 27.2 Å². The minimum atomic E-state index is -1.54. The highest BCUT2D eigenvalue weighted by atomic mass is 16.5. The first-order valence-electron chi connectivity index (χ1n) is 10.8. The summed E-state index contributed by atoms with van der Waals surface area (Å²) in [6.45, 7) is 1.11. The number of nitrogens with zero attached hydrogens (tertiary/aromatic N) is 3. The van der Waals surface area contributed by atoms with Crippen LogP contribution in [0.25, 0.3) is 16.9 Å². The normalized spacial score (nSPS) is 12.4. The Morgan fingerprint density at radius 2 is 2.00 bits per heavy atom. The second-order valence-corrected chi connectivity index (χ2v) is 8.00. The number of benzene rings is 2. The lowest BCUT2D eigenvalue weighted by Gasteiger charge is -2.14. The maximum atomic E-state index is 11.9. The molecule has 0 atom stereocenters. The van der Waals surface area contributed by atoms with Crippen molar-refractivity contribution < 1.29 is 19.6 Å². The van der Waals surface area contributed by atoms with Crippen LogP contribution in [0.3, 0.4) is 0 Å². The molecule has 0 aliphatic carbocycles. The first kappa shape index (κ1) is 21.9. The molecule has 1 aliphatic heterocycles. The highest BCUT2D eigenvalue weighted by Crippen LogP contribution is 2.32. The first-order chi connectivity index (χ1) is 16.5. The zero-order valence-corrected chi connectivity index (χ0v) is 18.2. The predicted molar refractivity (Wildman–Crippen MR) is 128 cm³/mol. The van der Waals surface area contributed by atoms with Gasteiger partial charge in [-0.2, -0.15) is 9.97 Å². The molecule has 1 aliphatic rings. The molecule has 5 rings (SSSR count). The fourth-order valence-corrected chi connectivity index (χ4v) is 4.23. The zero-order chi connectivity index (χ0) is 23.8. The Hall–Kier alpha value is -3.93. The number of fused-ring (bicyclic) bond motifs is 2. The van der Waals surface area contributed by atoms with E-state index in [1.54, 1.807) is 34.9 Å². The summed E-state index contributed by atoms with van der Waals surface area (Å²) in [6.07, 6.45) is 0.662. The maximum absolute atomic E-state index is 11.9. The summed E-state index contributed by atoms with van der Waals surface area (Å²) in [5, 5.41) is 22.9. The van der Waals surface area contributed by atoms with E-state index in [4.69, 9.17) is 21.2 Å². The Labute approximate surface area is 195 Å².